The molecule has 1 aromatic carbocycles. The topological polar surface area (TPSA) is 54.4 Å². The van der Waals surface area contributed by atoms with E-state index in [2.05, 4.69) is 15.9 Å². The van der Waals surface area contributed by atoms with E-state index in [0.717, 1.165) is 18.2 Å². The summed E-state index contributed by atoms with van der Waals surface area (Å²) in [5.41, 5.74) is 0. The van der Waals surface area contributed by atoms with E-state index in [1.54, 1.807) is 0 Å². The van der Waals surface area contributed by atoms with Crippen LogP contribution in [0.25, 0.3) is 0 Å². The van der Waals surface area contributed by atoms with Crippen LogP contribution in [-0.2, 0) is 10.2 Å². The molecule has 0 bridgehead atoms. The third-order valence-corrected chi connectivity index (χ3v) is 2.65. The molecule has 0 aromatic heterocycles. The zero-order valence-corrected chi connectivity index (χ0v) is 8.06. The van der Waals surface area contributed by atoms with Crippen molar-refractivity contribution in [3.63, 3.8) is 0 Å². The zero-order valence-electron chi connectivity index (χ0n) is 5.66. The van der Waals surface area contributed by atoms with Crippen molar-refractivity contribution in [2.75, 3.05) is 0 Å². The van der Waals surface area contributed by atoms with Crippen LogP contribution < -0.4 is 0 Å². The molecule has 0 aliphatic rings. The van der Waals surface area contributed by atoms with Crippen LogP contribution in [0.4, 0.5) is 3.89 Å². The van der Waals surface area contributed by atoms with Gasteiger partial charge in [0.15, 0.2) is 0 Å². The van der Waals surface area contributed by atoms with Crippen molar-refractivity contribution >= 4 is 26.2 Å². The van der Waals surface area contributed by atoms with Crippen LogP contribution in [0.1, 0.15) is 0 Å². The van der Waals surface area contributed by atoms with Gasteiger partial charge >= 0.3 is 10.2 Å². The third kappa shape index (κ3) is 1.95. The molecule has 1 rings (SSSR count). The van der Waals surface area contributed by atoms with Crippen molar-refractivity contribution in [3.8, 4) is 5.75 Å². The smallest absolute Gasteiger partial charge is 0.332 e. The Kier molecular flexibility index (Phi) is 2.39. The highest BCUT2D eigenvalue weighted by Crippen LogP contribution is 2.26. The second-order valence-corrected chi connectivity index (χ2v) is 4.25. The maximum absolute atomic E-state index is 12.3. The molecule has 0 unspecified atom stereocenters. The Morgan fingerprint density at radius 3 is 2.42 bits per heavy atom. The molecule has 0 saturated carbocycles. The molecule has 0 heterocycles. The Labute approximate surface area is 77.2 Å². The van der Waals surface area contributed by atoms with Crippen LogP contribution in [0, 0.1) is 0 Å². The molecule has 0 aliphatic heterocycles. The molecule has 0 aliphatic carbocycles. The number of aromatic hydroxyl groups is 1. The van der Waals surface area contributed by atoms with Gasteiger partial charge in [0.1, 0.15) is 5.75 Å². The predicted molar refractivity (Wildman–Crippen MR) is 44.1 cm³/mol. The summed E-state index contributed by atoms with van der Waals surface area (Å²) < 4.78 is 33.1. The van der Waals surface area contributed by atoms with Gasteiger partial charge in [0.2, 0.25) is 0 Å². The fourth-order valence-corrected chi connectivity index (χ4v) is 1.66. The van der Waals surface area contributed by atoms with E-state index >= 15 is 0 Å². The van der Waals surface area contributed by atoms with E-state index in [9.17, 15) is 12.3 Å². The van der Waals surface area contributed by atoms with Gasteiger partial charge in [-0.3, -0.25) is 0 Å². The van der Waals surface area contributed by atoms with Crippen LogP contribution in [0.5, 0.6) is 5.75 Å². The molecular formula is C6H4BrFO3S. The summed E-state index contributed by atoms with van der Waals surface area (Å²) in [5.74, 6) is -0.137. The van der Waals surface area contributed by atoms with Gasteiger partial charge in [-0.25, -0.2) is 0 Å². The fourth-order valence-electron chi connectivity index (χ4n) is 0.639. The molecule has 0 amide bonds. The van der Waals surface area contributed by atoms with Crippen molar-refractivity contribution in [2.45, 2.75) is 4.90 Å². The molecule has 0 fully saturated rings. The van der Waals surface area contributed by atoms with Gasteiger partial charge in [-0.2, -0.15) is 8.42 Å². The Hall–Kier alpha value is -0.620. The summed E-state index contributed by atoms with van der Waals surface area (Å²) in [6.07, 6.45) is 0. The standard InChI is InChI=1S/C6H4BrFO3S/c7-5-3-4(12(8,10)11)1-2-6(5)9/h1-3,9H. The summed E-state index contributed by atoms with van der Waals surface area (Å²) in [6, 6.07) is 3.07. The normalized spacial score (nSPS) is 11.5. The minimum absolute atomic E-state index is 0.137. The van der Waals surface area contributed by atoms with Crippen LogP contribution in [0.15, 0.2) is 27.6 Å². The Balaban J connectivity index is 3.33. The van der Waals surface area contributed by atoms with Crippen molar-refractivity contribution in [3.05, 3.63) is 22.7 Å². The lowest BCUT2D eigenvalue weighted by atomic mass is 10.3. The van der Waals surface area contributed by atoms with Crippen LogP contribution in [0.2, 0.25) is 0 Å². The average Bonchev–Trinajstić information content (AvgIpc) is 1.92. The van der Waals surface area contributed by atoms with Crippen LogP contribution >= 0.6 is 15.9 Å². The van der Waals surface area contributed by atoms with Crippen LogP contribution in [0.3, 0.4) is 0 Å². The molecule has 1 aromatic rings. The first-order valence-corrected chi connectivity index (χ1v) is 5.02. The highest BCUT2D eigenvalue weighted by Gasteiger charge is 2.12. The Morgan fingerprint density at radius 1 is 1.42 bits per heavy atom. The number of hydrogen-bond donors (Lipinski definition) is 1. The summed E-state index contributed by atoms with van der Waals surface area (Å²) in [7, 11) is -4.68. The average molecular weight is 255 g/mol. The summed E-state index contributed by atoms with van der Waals surface area (Å²) in [5, 5.41) is 8.95. The van der Waals surface area contributed by atoms with E-state index < -0.39 is 15.1 Å². The first-order valence-electron chi connectivity index (χ1n) is 2.84. The van der Waals surface area contributed by atoms with Gasteiger partial charge in [-0.05, 0) is 34.1 Å². The van der Waals surface area contributed by atoms with Crippen molar-refractivity contribution in [1.29, 1.82) is 0 Å². The second kappa shape index (κ2) is 3.02. The number of rotatable bonds is 1. The van der Waals surface area contributed by atoms with E-state index in [-0.39, 0.29) is 10.2 Å². The maximum atomic E-state index is 12.3. The summed E-state index contributed by atoms with van der Waals surface area (Å²) in [6.45, 7) is 0. The Bertz CT molecular complexity index is 401. The lowest BCUT2D eigenvalue weighted by Gasteiger charge is -1.97. The molecule has 0 radical (unpaired) electrons. The highest BCUT2D eigenvalue weighted by atomic mass is 79.9. The number of halogens is 2. The highest BCUT2D eigenvalue weighted by molar-refractivity contribution is 9.10. The van der Waals surface area contributed by atoms with E-state index in [1.807, 2.05) is 0 Å². The van der Waals surface area contributed by atoms with Crippen molar-refractivity contribution in [2.24, 2.45) is 0 Å². The van der Waals surface area contributed by atoms with Gasteiger partial charge in [0.05, 0.1) is 9.37 Å². The Morgan fingerprint density at radius 2 is 2.00 bits per heavy atom. The third-order valence-electron chi connectivity index (χ3n) is 1.20. The monoisotopic (exact) mass is 254 g/mol. The number of phenols is 1. The first-order chi connectivity index (χ1) is 5.41. The minimum Gasteiger partial charge on any atom is -0.507 e. The van der Waals surface area contributed by atoms with E-state index in [0.29, 0.717) is 0 Å². The molecule has 6 heteroatoms. The van der Waals surface area contributed by atoms with Crippen LogP contribution in [-0.4, -0.2) is 13.5 Å². The van der Waals surface area contributed by atoms with Crippen molar-refractivity contribution < 1.29 is 17.4 Å². The summed E-state index contributed by atoms with van der Waals surface area (Å²) >= 11 is 2.86. The molecular weight excluding hydrogens is 251 g/mol. The molecule has 1 N–H and O–H groups in total. The zero-order chi connectivity index (χ0) is 9.35. The molecule has 12 heavy (non-hydrogen) atoms. The molecule has 0 atom stereocenters. The largest absolute Gasteiger partial charge is 0.507 e. The number of phenolic OH excluding ortho intramolecular Hbond substituents is 1. The molecule has 3 nitrogen and oxygen atoms in total. The van der Waals surface area contributed by atoms with Gasteiger partial charge in [0.25, 0.3) is 0 Å². The molecule has 0 spiro atoms. The minimum atomic E-state index is -4.68. The van der Waals surface area contributed by atoms with E-state index in [4.69, 9.17) is 5.11 Å². The number of hydrogen-bond acceptors (Lipinski definition) is 3. The second-order valence-electron chi connectivity index (χ2n) is 2.05. The maximum Gasteiger partial charge on any atom is 0.332 e. The lowest BCUT2D eigenvalue weighted by Crippen LogP contribution is -1.90. The quantitative estimate of drug-likeness (QED) is 0.778. The van der Waals surface area contributed by atoms with Crippen molar-refractivity contribution in [1.82, 2.24) is 0 Å². The van der Waals surface area contributed by atoms with Gasteiger partial charge < -0.3 is 5.11 Å². The van der Waals surface area contributed by atoms with Gasteiger partial charge in [0, 0.05) is 0 Å². The molecule has 0 saturated heterocycles. The first kappa shape index (κ1) is 9.47. The van der Waals surface area contributed by atoms with Gasteiger partial charge in [-0.15, -0.1) is 3.89 Å². The van der Waals surface area contributed by atoms with Gasteiger partial charge in [-0.1, -0.05) is 0 Å². The van der Waals surface area contributed by atoms with E-state index in [1.165, 1.54) is 0 Å². The molecule has 66 valence electrons. The SMILES string of the molecule is O=S(=O)(F)c1ccc(O)c(Br)c1. The number of benzene rings is 1. The summed E-state index contributed by atoms with van der Waals surface area (Å²) in [4.78, 5) is -0.479. The predicted octanol–water partition coefficient (Wildman–Crippen LogP) is 1.81. The fraction of sp³-hybridized carbons (Fsp3) is 0. The lowest BCUT2D eigenvalue weighted by molar-refractivity contribution is 0.471.